The van der Waals surface area contributed by atoms with Crippen LogP contribution in [0.5, 0.6) is 0 Å². The van der Waals surface area contributed by atoms with Crippen LogP contribution in [-0.4, -0.2) is 38.2 Å². The van der Waals surface area contributed by atoms with Crippen molar-refractivity contribution in [1.29, 1.82) is 0 Å². The fraction of sp³-hybridized carbons (Fsp3) is 0.455. The van der Waals surface area contributed by atoms with Crippen molar-refractivity contribution >= 4 is 17.6 Å². The Kier molecular flexibility index (Phi) is 9.24. The average Bonchev–Trinajstić information content (AvgIpc) is 3.25. The summed E-state index contributed by atoms with van der Waals surface area (Å²) >= 11 is 0. The molecule has 7 heteroatoms. The van der Waals surface area contributed by atoms with Crippen molar-refractivity contribution in [2.45, 2.75) is 39.8 Å². The first-order chi connectivity index (χ1) is 14.0. The minimum absolute atomic E-state index is 0.245. The molecule has 158 valence electrons. The summed E-state index contributed by atoms with van der Waals surface area (Å²) in [4.78, 5) is 16.3. The minimum Gasteiger partial charge on any atom is -0.459 e. The third kappa shape index (κ3) is 7.62. The summed E-state index contributed by atoms with van der Waals surface area (Å²) in [7, 11) is 1.76. The Balaban J connectivity index is 1.76. The second kappa shape index (κ2) is 11.9. The van der Waals surface area contributed by atoms with E-state index in [0.29, 0.717) is 18.2 Å². The Hall–Kier alpha value is -2.80. The van der Waals surface area contributed by atoms with Crippen LogP contribution in [0.4, 0.5) is 5.69 Å². The quantitative estimate of drug-likeness (QED) is 0.419. The summed E-state index contributed by atoms with van der Waals surface area (Å²) in [6.45, 7) is 8.53. The van der Waals surface area contributed by atoms with E-state index < -0.39 is 0 Å². The van der Waals surface area contributed by atoms with Crippen LogP contribution in [0.3, 0.4) is 0 Å². The maximum Gasteiger partial charge on any atom is 0.291 e. The van der Waals surface area contributed by atoms with E-state index in [-0.39, 0.29) is 17.8 Å². The number of nitrogens with one attached hydrogen (secondary N) is 3. The molecular weight excluding hydrogens is 368 g/mol. The lowest BCUT2D eigenvalue weighted by Crippen LogP contribution is -2.38. The fourth-order valence-electron chi connectivity index (χ4n) is 2.87. The van der Waals surface area contributed by atoms with Gasteiger partial charge in [0.2, 0.25) is 0 Å². The number of carbonyl (C=O) groups excluding carboxylic acids is 1. The van der Waals surface area contributed by atoms with Crippen LogP contribution in [-0.2, 0) is 11.3 Å². The molecule has 1 amide bonds. The number of ether oxygens (including phenoxy) is 1. The highest BCUT2D eigenvalue weighted by Gasteiger charge is 2.13. The van der Waals surface area contributed by atoms with Crippen molar-refractivity contribution in [1.82, 2.24) is 10.6 Å². The number of anilines is 1. The molecule has 3 N–H and O–H groups in total. The van der Waals surface area contributed by atoms with Gasteiger partial charge in [-0.2, -0.15) is 0 Å². The molecule has 1 unspecified atom stereocenters. The van der Waals surface area contributed by atoms with Crippen molar-refractivity contribution in [2.24, 2.45) is 10.9 Å². The maximum absolute atomic E-state index is 12.0. The number of amides is 1. The number of furan rings is 1. The Morgan fingerprint density at radius 3 is 2.52 bits per heavy atom. The summed E-state index contributed by atoms with van der Waals surface area (Å²) in [6, 6.07) is 11.0. The van der Waals surface area contributed by atoms with E-state index in [1.807, 2.05) is 31.2 Å². The van der Waals surface area contributed by atoms with Crippen molar-refractivity contribution < 1.29 is 13.9 Å². The number of hydrogen-bond donors (Lipinski definition) is 3. The van der Waals surface area contributed by atoms with Gasteiger partial charge in [-0.3, -0.25) is 9.79 Å². The van der Waals surface area contributed by atoms with E-state index in [1.165, 1.54) is 6.26 Å². The number of guanidine groups is 1. The Labute approximate surface area is 172 Å². The van der Waals surface area contributed by atoms with Gasteiger partial charge in [0, 0.05) is 32.4 Å². The molecule has 1 aromatic heterocycles. The summed E-state index contributed by atoms with van der Waals surface area (Å²) in [5.74, 6) is 1.25. The number of benzene rings is 1. The number of rotatable bonds is 10. The van der Waals surface area contributed by atoms with Crippen LogP contribution in [0.25, 0.3) is 0 Å². The van der Waals surface area contributed by atoms with Crippen molar-refractivity contribution in [3.8, 4) is 0 Å². The van der Waals surface area contributed by atoms with Gasteiger partial charge >= 0.3 is 0 Å². The maximum atomic E-state index is 12.0. The van der Waals surface area contributed by atoms with Gasteiger partial charge in [0.15, 0.2) is 11.7 Å². The molecule has 2 rings (SSSR count). The molecule has 0 radical (unpaired) electrons. The Bertz CT molecular complexity index is 755. The van der Waals surface area contributed by atoms with Crippen molar-refractivity contribution in [3.63, 3.8) is 0 Å². The summed E-state index contributed by atoms with van der Waals surface area (Å²) < 4.78 is 10.9. The first kappa shape index (κ1) is 22.5. The molecule has 0 saturated carbocycles. The van der Waals surface area contributed by atoms with Crippen molar-refractivity contribution in [2.75, 3.05) is 25.5 Å². The molecule has 1 atom stereocenters. The first-order valence-corrected chi connectivity index (χ1v) is 10.0. The van der Waals surface area contributed by atoms with Gasteiger partial charge < -0.3 is 25.1 Å². The molecule has 0 bridgehead atoms. The summed E-state index contributed by atoms with van der Waals surface area (Å²) in [5, 5.41) is 9.43. The van der Waals surface area contributed by atoms with Gasteiger partial charge in [-0.25, -0.2) is 0 Å². The molecule has 1 heterocycles. The molecule has 0 aliphatic carbocycles. The van der Waals surface area contributed by atoms with Crippen molar-refractivity contribution in [3.05, 3.63) is 54.0 Å². The minimum atomic E-state index is -0.266. The monoisotopic (exact) mass is 400 g/mol. The second-order valence-corrected chi connectivity index (χ2v) is 7.01. The van der Waals surface area contributed by atoms with E-state index in [2.05, 4.69) is 34.8 Å². The molecule has 2 aromatic rings. The molecule has 1 aromatic carbocycles. The number of nitrogens with zero attached hydrogens (tertiary/aromatic N) is 1. The number of carbonyl (C=O) groups is 1. The van der Waals surface area contributed by atoms with Crippen LogP contribution >= 0.6 is 0 Å². The topological polar surface area (TPSA) is 87.9 Å². The largest absolute Gasteiger partial charge is 0.459 e. The molecule has 0 fully saturated rings. The number of aliphatic imine (C=N–C) groups is 1. The highest BCUT2D eigenvalue weighted by Crippen LogP contribution is 2.12. The van der Waals surface area contributed by atoms with E-state index in [4.69, 9.17) is 9.15 Å². The smallest absolute Gasteiger partial charge is 0.291 e. The lowest BCUT2D eigenvalue weighted by atomic mass is 10.0. The molecule has 7 nitrogen and oxygen atoms in total. The molecular formula is C22H32N4O3. The van der Waals surface area contributed by atoms with E-state index in [1.54, 1.807) is 19.2 Å². The lowest BCUT2D eigenvalue weighted by molar-refractivity contribution is 0.0258. The zero-order chi connectivity index (χ0) is 21.1. The lowest BCUT2D eigenvalue weighted by Gasteiger charge is -2.21. The predicted octanol–water partition coefficient (Wildman–Crippen LogP) is 3.65. The predicted molar refractivity (Wildman–Crippen MR) is 116 cm³/mol. The van der Waals surface area contributed by atoms with Gasteiger partial charge in [0.05, 0.1) is 12.4 Å². The van der Waals surface area contributed by atoms with Gasteiger partial charge in [0.1, 0.15) is 0 Å². The Morgan fingerprint density at radius 1 is 1.17 bits per heavy atom. The van der Waals surface area contributed by atoms with E-state index in [0.717, 1.165) is 31.1 Å². The van der Waals surface area contributed by atoms with Crippen LogP contribution in [0.15, 0.2) is 52.1 Å². The highest BCUT2D eigenvalue weighted by molar-refractivity contribution is 6.02. The van der Waals surface area contributed by atoms with Crippen LogP contribution < -0.4 is 16.0 Å². The Morgan fingerprint density at radius 2 is 1.93 bits per heavy atom. The first-order valence-electron chi connectivity index (χ1n) is 10.0. The summed E-state index contributed by atoms with van der Waals surface area (Å²) in [5.41, 5.74) is 1.80. The fourth-order valence-corrected chi connectivity index (χ4v) is 2.87. The third-order valence-electron chi connectivity index (χ3n) is 4.49. The molecule has 0 spiro atoms. The third-order valence-corrected chi connectivity index (χ3v) is 4.49. The van der Waals surface area contributed by atoms with E-state index in [9.17, 15) is 4.79 Å². The number of hydrogen-bond acceptors (Lipinski definition) is 4. The highest BCUT2D eigenvalue weighted by atomic mass is 16.5. The van der Waals surface area contributed by atoms with E-state index >= 15 is 0 Å². The average molecular weight is 401 g/mol. The van der Waals surface area contributed by atoms with Gasteiger partial charge in [-0.05, 0) is 49.1 Å². The zero-order valence-electron chi connectivity index (χ0n) is 17.7. The zero-order valence-corrected chi connectivity index (χ0v) is 17.7. The van der Waals surface area contributed by atoms with Crippen LogP contribution in [0, 0.1) is 5.92 Å². The van der Waals surface area contributed by atoms with Gasteiger partial charge in [-0.1, -0.05) is 26.0 Å². The molecule has 29 heavy (non-hydrogen) atoms. The molecule has 0 aliphatic heterocycles. The van der Waals surface area contributed by atoms with Gasteiger partial charge in [0.25, 0.3) is 5.91 Å². The SMILES string of the molecule is CCOC(CCNC(=NC)NCc1ccc(NC(=O)c2ccco2)cc1)C(C)C. The molecule has 0 aliphatic rings. The normalized spacial score (nSPS) is 12.7. The second-order valence-electron chi connectivity index (χ2n) is 7.01. The van der Waals surface area contributed by atoms with Crippen LogP contribution in [0.2, 0.25) is 0 Å². The van der Waals surface area contributed by atoms with Crippen LogP contribution in [0.1, 0.15) is 43.3 Å². The molecule has 0 saturated heterocycles. The van der Waals surface area contributed by atoms with Gasteiger partial charge in [-0.15, -0.1) is 0 Å². The standard InChI is InChI=1S/C22H32N4O3/c1-5-28-19(16(2)3)12-13-24-22(23-4)25-15-17-8-10-18(11-9-17)26-21(27)20-7-6-14-29-20/h6-11,14,16,19H,5,12-13,15H2,1-4H3,(H,26,27)(H2,23,24,25). The summed E-state index contributed by atoms with van der Waals surface area (Å²) in [6.07, 6.45) is 2.65.